The fraction of sp³-hybridized carbons (Fsp3) is 0.944. The first-order chi connectivity index (χ1) is 9.51. The Bertz CT molecular complexity index is 321. The summed E-state index contributed by atoms with van der Waals surface area (Å²) in [6.45, 7) is 13.6. The van der Waals surface area contributed by atoms with Crippen LogP contribution in [-0.4, -0.2) is 54.3 Å². The van der Waals surface area contributed by atoms with Crippen LogP contribution in [-0.2, 0) is 4.79 Å². The highest BCUT2D eigenvalue weighted by atomic mass is 16.1. The Morgan fingerprint density at radius 3 is 1.95 bits per heavy atom. The first kappa shape index (κ1) is 20.6. The molecule has 0 aromatic heterocycles. The average molecular weight is 299 g/mol. The van der Waals surface area contributed by atoms with Gasteiger partial charge in [-0.15, -0.1) is 0 Å². The molecule has 3 heteroatoms. The zero-order chi connectivity index (χ0) is 16.8. The van der Waals surface area contributed by atoms with E-state index in [-0.39, 0.29) is 11.3 Å². The quantitative estimate of drug-likeness (QED) is 0.612. The Balaban J connectivity index is 4.89. The first-order valence-corrected chi connectivity index (χ1v) is 8.43. The molecule has 0 spiro atoms. The highest BCUT2D eigenvalue weighted by Crippen LogP contribution is 2.30. The van der Waals surface area contributed by atoms with Gasteiger partial charge in [-0.3, -0.25) is 14.6 Å². The molecule has 3 nitrogen and oxygen atoms in total. The van der Waals surface area contributed by atoms with Crippen LogP contribution in [0, 0.1) is 5.92 Å². The summed E-state index contributed by atoms with van der Waals surface area (Å²) in [4.78, 5) is 16.9. The predicted molar refractivity (Wildman–Crippen MR) is 92.8 cm³/mol. The van der Waals surface area contributed by atoms with E-state index in [0.717, 1.165) is 0 Å². The van der Waals surface area contributed by atoms with Crippen molar-refractivity contribution in [3.63, 3.8) is 0 Å². The SMILES string of the molecule is CCCCC(CC)C(C)(C)N(C)CC(=O)C(C)(C)N(C)C. The fourth-order valence-electron chi connectivity index (χ4n) is 2.68. The Morgan fingerprint density at radius 1 is 1.05 bits per heavy atom. The minimum atomic E-state index is -0.407. The summed E-state index contributed by atoms with van der Waals surface area (Å²) in [5.74, 6) is 0.922. The van der Waals surface area contributed by atoms with Crippen LogP contribution >= 0.6 is 0 Å². The molecular weight excluding hydrogens is 260 g/mol. The third-order valence-corrected chi connectivity index (χ3v) is 5.56. The topological polar surface area (TPSA) is 23.6 Å². The molecule has 0 aromatic rings. The lowest BCUT2D eigenvalue weighted by molar-refractivity contribution is -0.130. The maximum atomic E-state index is 12.6. The third-order valence-electron chi connectivity index (χ3n) is 5.56. The second-order valence-corrected chi connectivity index (χ2v) is 7.63. The van der Waals surface area contributed by atoms with E-state index in [0.29, 0.717) is 12.5 Å². The van der Waals surface area contributed by atoms with Crippen molar-refractivity contribution >= 4 is 5.78 Å². The number of Topliss-reactive ketones (excluding diaryl/α,β-unsaturated/α-hetero) is 1. The molecule has 21 heavy (non-hydrogen) atoms. The van der Waals surface area contributed by atoms with E-state index < -0.39 is 5.54 Å². The molecule has 0 bridgehead atoms. The van der Waals surface area contributed by atoms with E-state index in [2.05, 4.69) is 39.6 Å². The van der Waals surface area contributed by atoms with Gasteiger partial charge in [-0.1, -0.05) is 33.1 Å². The number of carbonyl (C=O) groups excluding carboxylic acids is 1. The number of unbranched alkanes of at least 4 members (excludes halogenated alkanes) is 1. The molecule has 0 N–H and O–H groups in total. The fourth-order valence-corrected chi connectivity index (χ4v) is 2.68. The normalized spacial score (nSPS) is 14.8. The summed E-state index contributed by atoms with van der Waals surface area (Å²) >= 11 is 0. The number of hydrogen-bond donors (Lipinski definition) is 0. The number of hydrogen-bond acceptors (Lipinski definition) is 3. The van der Waals surface area contributed by atoms with Crippen molar-refractivity contribution in [1.29, 1.82) is 0 Å². The molecule has 0 rings (SSSR count). The zero-order valence-electron chi connectivity index (χ0n) is 15.9. The van der Waals surface area contributed by atoms with Crippen LogP contribution in [0.15, 0.2) is 0 Å². The number of nitrogens with zero attached hydrogens (tertiary/aromatic N) is 2. The van der Waals surface area contributed by atoms with Gasteiger partial charge in [0.25, 0.3) is 0 Å². The van der Waals surface area contributed by atoms with E-state index in [1.54, 1.807) is 0 Å². The van der Waals surface area contributed by atoms with Crippen LogP contribution < -0.4 is 0 Å². The second kappa shape index (κ2) is 8.28. The summed E-state index contributed by atoms with van der Waals surface area (Å²) in [7, 11) is 6.04. The Hall–Kier alpha value is -0.410. The molecule has 0 heterocycles. The number of likely N-dealkylation sites (N-methyl/N-ethyl adjacent to an activating group) is 2. The molecular formula is C18H38N2O. The highest BCUT2D eigenvalue weighted by molar-refractivity contribution is 5.89. The Morgan fingerprint density at radius 2 is 1.57 bits per heavy atom. The predicted octanol–water partition coefficient (Wildman–Crippen LogP) is 3.82. The van der Waals surface area contributed by atoms with Gasteiger partial charge in [0.1, 0.15) is 0 Å². The van der Waals surface area contributed by atoms with Crippen molar-refractivity contribution in [3.05, 3.63) is 0 Å². The van der Waals surface area contributed by atoms with Gasteiger partial charge in [0.15, 0.2) is 5.78 Å². The number of carbonyl (C=O) groups is 1. The lowest BCUT2D eigenvalue weighted by Crippen LogP contribution is -2.55. The molecule has 0 aliphatic rings. The lowest BCUT2D eigenvalue weighted by atomic mass is 9.80. The molecule has 0 saturated carbocycles. The molecule has 0 fully saturated rings. The van der Waals surface area contributed by atoms with Gasteiger partial charge in [0.2, 0.25) is 0 Å². The third kappa shape index (κ3) is 5.37. The van der Waals surface area contributed by atoms with Gasteiger partial charge in [-0.25, -0.2) is 0 Å². The van der Waals surface area contributed by atoms with Gasteiger partial charge in [0, 0.05) is 5.54 Å². The minimum Gasteiger partial charge on any atom is -0.298 e. The largest absolute Gasteiger partial charge is 0.298 e. The molecule has 0 radical (unpaired) electrons. The van der Waals surface area contributed by atoms with Crippen LogP contribution in [0.2, 0.25) is 0 Å². The zero-order valence-corrected chi connectivity index (χ0v) is 15.9. The summed E-state index contributed by atoms with van der Waals surface area (Å²) in [6, 6.07) is 0. The molecule has 1 unspecified atom stereocenters. The van der Waals surface area contributed by atoms with Gasteiger partial charge < -0.3 is 0 Å². The molecule has 0 amide bonds. The first-order valence-electron chi connectivity index (χ1n) is 8.43. The van der Waals surface area contributed by atoms with Crippen LogP contribution in [0.5, 0.6) is 0 Å². The molecule has 1 atom stereocenters. The highest BCUT2D eigenvalue weighted by Gasteiger charge is 2.36. The average Bonchev–Trinajstić information content (AvgIpc) is 2.38. The van der Waals surface area contributed by atoms with Gasteiger partial charge in [0.05, 0.1) is 12.1 Å². The van der Waals surface area contributed by atoms with E-state index >= 15 is 0 Å². The van der Waals surface area contributed by atoms with Crippen molar-refractivity contribution in [1.82, 2.24) is 9.80 Å². The standard InChI is InChI=1S/C18H38N2O/c1-10-12-13-15(11-2)17(3,4)20(9)14-16(21)18(5,6)19(7)8/h15H,10-14H2,1-9H3. The van der Waals surface area contributed by atoms with Crippen molar-refractivity contribution in [2.75, 3.05) is 27.7 Å². The summed E-state index contributed by atoms with van der Waals surface area (Å²) in [5, 5.41) is 0. The minimum absolute atomic E-state index is 0.0575. The summed E-state index contributed by atoms with van der Waals surface area (Å²) < 4.78 is 0. The van der Waals surface area contributed by atoms with Crippen LogP contribution in [0.25, 0.3) is 0 Å². The number of rotatable bonds is 10. The van der Waals surface area contributed by atoms with Gasteiger partial charge in [-0.05, 0) is 61.2 Å². The van der Waals surface area contributed by atoms with Crippen LogP contribution in [0.1, 0.15) is 67.2 Å². The smallest absolute Gasteiger partial charge is 0.166 e. The van der Waals surface area contributed by atoms with Gasteiger partial charge in [-0.2, -0.15) is 0 Å². The maximum absolute atomic E-state index is 12.6. The van der Waals surface area contributed by atoms with Crippen molar-refractivity contribution in [3.8, 4) is 0 Å². The molecule has 0 aromatic carbocycles. The molecule has 0 saturated heterocycles. The monoisotopic (exact) mass is 298 g/mol. The maximum Gasteiger partial charge on any atom is 0.166 e. The van der Waals surface area contributed by atoms with Gasteiger partial charge >= 0.3 is 0 Å². The van der Waals surface area contributed by atoms with Crippen LogP contribution in [0.3, 0.4) is 0 Å². The van der Waals surface area contributed by atoms with E-state index in [1.165, 1.54) is 25.7 Å². The van der Waals surface area contributed by atoms with Crippen LogP contribution in [0.4, 0.5) is 0 Å². The van der Waals surface area contributed by atoms with Crippen molar-refractivity contribution in [2.24, 2.45) is 5.92 Å². The van der Waals surface area contributed by atoms with E-state index in [9.17, 15) is 4.79 Å². The number of ketones is 1. The molecule has 126 valence electrons. The van der Waals surface area contributed by atoms with Crippen molar-refractivity contribution < 1.29 is 4.79 Å². The molecule has 0 aliphatic heterocycles. The molecule has 0 aliphatic carbocycles. The van der Waals surface area contributed by atoms with E-state index in [4.69, 9.17) is 0 Å². The van der Waals surface area contributed by atoms with E-state index in [1.807, 2.05) is 32.8 Å². The lowest BCUT2D eigenvalue weighted by Gasteiger charge is -2.43. The summed E-state index contributed by atoms with van der Waals surface area (Å²) in [5.41, 5.74) is -0.350. The summed E-state index contributed by atoms with van der Waals surface area (Å²) in [6.07, 6.45) is 4.92. The Kier molecular flexibility index (Phi) is 8.12. The Labute approximate surface area is 133 Å². The second-order valence-electron chi connectivity index (χ2n) is 7.63. The van der Waals surface area contributed by atoms with Crippen molar-refractivity contribution in [2.45, 2.75) is 78.3 Å².